The van der Waals surface area contributed by atoms with Crippen LogP contribution in [0, 0.1) is 0 Å². The van der Waals surface area contributed by atoms with Crippen molar-refractivity contribution in [2.24, 2.45) is 0 Å². The summed E-state index contributed by atoms with van der Waals surface area (Å²) in [4.78, 5) is 11.7. The largest absolute Gasteiger partial charge is 0.367 e. The van der Waals surface area contributed by atoms with Crippen LogP contribution in [0.3, 0.4) is 0 Å². The van der Waals surface area contributed by atoms with Crippen molar-refractivity contribution in [3.05, 3.63) is 69.7 Å². The molecule has 0 heterocycles. The average Bonchev–Trinajstić information content (AvgIpc) is 2.47. The number of amides is 1. The van der Waals surface area contributed by atoms with Gasteiger partial charge < -0.3 is 10.1 Å². The zero-order chi connectivity index (χ0) is 15.8. The summed E-state index contributed by atoms with van der Waals surface area (Å²) in [5, 5.41) is 4.00. The fraction of sp³-hybridized carbons (Fsp3) is 0.235. The number of benzene rings is 2. The van der Waals surface area contributed by atoms with Gasteiger partial charge in [-0.3, -0.25) is 4.79 Å². The Kier molecular flexibility index (Phi) is 6.72. The Morgan fingerprint density at radius 1 is 1.00 bits per heavy atom. The van der Waals surface area contributed by atoms with Gasteiger partial charge in [-0.2, -0.15) is 0 Å². The van der Waals surface area contributed by atoms with Crippen LogP contribution in [0.4, 0.5) is 0 Å². The van der Waals surface area contributed by atoms with E-state index in [0.29, 0.717) is 29.6 Å². The molecule has 2 aromatic carbocycles. The van der Waals surface area contributed by atoms with Gasteiger partial charge in [0.15, 0.2) is 0 Å². The predicted octanol–water partition coefficient (Wildman–Crippen LogP) is 3.87. The molecular weight excluding hydrogens is 321 g/mol. The minimum absolute atomic E-state index is 0.0468. The lowest BCUT2D eigenvalue weighted by Gasteiger charge is -2.07. The van der Waals surface area contributed by atoms with Crippen LogP contribution >= 0.6 is 23.2 Å². The number of nitrogens with one attached hydrogen (secondary N) is 1. The molecule has 0 radical (unpaired) electrons. The predicted molar refractivity (Wildman–Crippen MR) is 89.3 cm³/mol. The maximum absolute atomic E-state index is 11.7. The number of halogens is 2. The Labute approximate surface area is 140 Å². The summed E-state index contributed by atoms with van der Waals surface area (Å²) >= 11 is 11.9. The molecule has 0 fully saturated rings. The van der Waals surface area contributed by atoms with Crippen LogP contribution in [0.2, 0.25) is 10.0 Å². The van der Waals surface area contributed by atoms with Gasteiger partial charge in [0.2, 0.25) is 5.91 Å². The van der Waals surface area contributed by atoms with Crippen molar-refractivity contribution in [1.82, 2.24) is 5.32 Å². The van der Waals surface area contributed by atoms with Crippen LogP contribution in [0.25, 0.3) is 0 Å². The molecule has 0 aliphatic carbocycles. The zero-order valence-electron chi connectivity index (χ0n) is 12.0. The van der Waals surface area contributed by atoms with E-state index in [1.807, 2.05) is 42.5 Å². The van der Waals surface area contributed by atoms with Crippen LogP contribution in [0.5, 0.6) is 0 Å². The van der Waals surface area contributed by atoms with E-state index >= 15 is 0 Å². The molecule has 0 aromatic heterocycles. The molecule has 22 heavy (non-hydrogen) atoms. The summed E-state index contributed by atoms with van der Waals surface area (Å²) < 4.78 is 5.37. The third-order valence-corrected chi connectivity index (χ3v) is 3.44. The lowest BCUT2D eigenvalue weighted by molar-refractivity contribution is -0.126. The molecule has 0 spiro atoms. The molecule has 1 amide bonds. The first-order valence-electron chi connectivity index (χ1n) is 6.97. The monoisotopic (exact) mass is 337 g/mol. The summed E-state index contributed by atoms with van der Waals surface area (Å²) in [5.74, 6) is -0.135. The van der Waals surface area contributed by atoms with Crippen molar-refractivity contribution in [1.29, 1.82) is 0 Å². The summed E-state index contributed by atoms with van der Waals surface area (Å²) in [6.07, 6.45) is 0.671. The highest BCUT2D eigenvalue weighted by Crippen LogP contribution is 2.19. The van der Waals surface area contributed by atoms with Gasteiger partial charge in [0.25, 0.3) is 0 Å². The SMILES string of the molecule is O=C(COCc1ccccc1)NCCc1cc(Cl)cc(Cl)c1. The molecule has 0 aliphatic heterocycles. The highest BCUT2D eigenvalue weighted by atomic mass is 35.5. The number of hydrogen-bond acceptors (Lipinski definition) is 2. The van der Waals surface area contributed by atoms with Crippen molar-refractivity contribution >= 4 is 29.1 Å². The molecule has 0 saturated heterocycles. The van der Waals surface area contributed by atoms with Crippen molar-refractivity contribution in [2.45, 2.75) is 13.0 Å². The Balaban J connectivity index is 1.65. The molecule has 5 heteroatoms. The van der Waals surface area contributed by atoms with Gasteiger partial charge in [-0.25, -0.2) is 0 Å². The van der Waals surface area contributed by atoms with E-state index < -0.39 is 0 Å². The average molecular weight is 338 g/mol. The molecular formula is C17H17Cl2NO2. The number of rotatable bonds is 7. The Bertz CT molecular complexity index is 597. The van der Waals surface area contributed by atoms with Crippen LogP contribution < -0.4 is 5.32 Å². The fourth-order valence-electron chi connectivity index (χ4n) is 1.99. The normalized spacial score (nSPS) is 10.5. The summed E-state index contributed by atoms with van der Waals surface area (Å²) in [7, 11) is 0. The van der Waals surface area contributed by atoms with E-state index in [1.54, 1.807) is 6.07 Å². The van der Waals surface area contributed by atoms with Crippen LogP contribution in [0.1, 0.15) is 11.1 Å². The number of carbonyl (C=O) groups is 1. The number of ether oxygens (including phenoxy) is 1. The molecule has 0 aliphatic rings. The highest BCUT2D eigenvalue weighted by molar-refractivity contribution is 6.34. The summed E-state index contributed by atoms with van der Waals surface area (Å²) in [6.45, 7) is 0.994. The second-order valence-electron chi connectivity index (χ2n) is 4.86. The van der Waals surface area contributed by atoms with E-state index in [0.717, 1.165) is 11.1 Å². The van der Waals surface area contributed by atoms with Gasteiger partial charge in [-0.05, 0) is 35.7 Å². The lowest BCUT2D eigenvalue weighted by atomic mass is 10.1. The number of hydrogen-bond donors (Lipinski definition) is 1. The van der Waals surface area contributed by atoms with Crippen LogP contribution in [-0.2, 0) is 22.6 Å². The van der Waals surface area contributed by atoms with Crippen molar-refractivity contribution in [2.75, 3.05) is 13.2 Å². The number of carbonyl (C=O) groups excluding carboxylic acids is 1. The summed E-state index contributed by atoms with van der Waals surface area (Å²) in [5.41, 5.74) is 2.03. The van der Waals surface area contributed by atoms with Gasteiger partial charge in [0.05, 0.1) is 6.61 Å². The highest BCUT2D eigenvalue weighted by Gasteiger charge is 2.03. The maximum Gasteiger partial charge on any atom is 0.246 e. The second kappa shape index (κ2) is 8.79. The Hall–Kier alpha value is -1.55. The van der Waals surface area contributed by atoms with Gasteiger partial charge in [0.1, 0.15) is 6.61 Å². The minimum atomic E-state index is -0.135. The Morgan fingerprint density at radius 3 is 2.36 bits per heavy atom. The quantitative estimate of drug-likeness (QED) is 0.832. The molecule has 2 rings (SSSR count). The first-order chi connectivity index (χ1) is 10.6. The third-order valence-electron chi connectivity index (χ3n) is 3.00. The smallest absolute Gasteiger partial charge is 0.246 e. The molecule has 1 N–H and O–H groups in total. The van der Waals surface area contributed by atoms with Gasteiger partial charge in [-0.1, -0.05) is 53.5 Å². The standard InChI is InChI=1S/C17H17Cl2NO2/c18-15-8-14(9-16(19)10-15)6-7-20-17(21)12-22-11-13-4-2-1-3-5-13/h1-5,8-10H,6-7,11-12H2,(H,20,21). The van der Waals surface area contributed by atoms with Gasteiger partial charge in [0, 0.05) is 16.6 Å². The van der Waals surface area contributed by atoms with Crippen LogP contribution in [0.15, 0.2) is 48.5 Å². The molecule has 116 valence electrons. The van der Waals surface area contributed by atoms with Crippen LogP contribution in [-0.4, -0.2) is 19.1 Å². The van der Waals surface area contributed by atoms with Gasteiger partial charge >= 0.3 is 0 Å². The molecule has 0 unspecified atom stereocenters. The van der Waals surface area contributed by atoms with E-state index in [1.165, 1.54) is 0 Å². The van der Waals surface area contributed by atoms with E-state index in [-0.39, 0.29) is 12.5 Å². The molecule has 3 nitrogen and oxygen atoms in total. The molecule has 2 aromatic rings. The molecule has 0 bridgehead atoms. The maximum atomic E-state index is 11.7. The lowest BCUT2D eigenvalue weighted by Crippen LogP contribution is -2.29. The zero-order valence-corrected chi connectivity index (χ0v) is 13.5. The van der Waals surface area contributed by atoms with Gasteiger partial charge in [-0.15, -0.1) is 0 Å². The minimum Gasteiger partial charge on any atom is -0.367 e. The molecule has 0 saturated carbocycles. The van der Waals surface area contributed by atoms with Crippen molar-refractivity contribution in [3.63, 3.8) is 0 Å². The van der Waals surface area contributed by atoms with E-state index in [9.17, 15) is 4.79 Å². The molecule has 0 atom stereocenters. The van der Waals surface area contributed by atoms with Crippen molar-refractivity contribution in [3.8, 4) is 0 Å². The third kappa shape index (κ3) is 6.06. The second-order valence-corrected chi connectivity index (χ2v) is 5.73. The van der Waals surface area contributed by atoms with E-state index in [4.69, 9.17) is 27.9 Å². The first kappa shape index (κ1) is 16.8. The fourth-order valence-corrected chi connectivity index (χ4v) is 2.56. The summed E-state index contributed by atoms with van der Waals surface area (Å²) in [6, 6.07) is 15.1. The van der Waals surface area contributed by atoms with Crippen molar-refractivity contribution < 1.29 is 9.53 Å². The van der Waals surface area contributed by atoms with E-state index in [2.05, 4.69) is 5.32 Å². The first-order valence-corrected chi connectivity index (χ1v) is 7.72. The Morgan fingerprint density at radius 2 is 1.68 bits per heavy atom. The topological polar surface area (TPSA) is 38.3 Å².